The maximum absolute atomic E-state index is 12.1. The minimum Gasteiger partial charge on any atom is -0.480 e. The van der Waals surface area contributed by atoms with Crippen molar-refractivity contribution in [2.75, 3.05) is 11.9 Å². The van der Waals surface area contributed by atoms with Gasteiger partial charge in [0.1, 0.15) is 5.75 Å². The van der Waals surface area contributed by atoms with Crippen molar-refractivity contribution >= 4 is 17.6 Å². The number of carboxylic acid groups (broad SMARTS) is 1. The SMILES string of the molecule is Cc1ccc(C(=O)Nc2ccccc2OCC(=O)O)cn1. The molecule has 21 heavy (non-hydrogen) atoms. The molecule has 1 aromatic carbocycles. The molecule has 2 N–H and O–H groups in total. The summed E-state index contributed by atoms with van der Waals surface area (Å²) in [6.45, 7) is 1.36. The third kappa shape index (κ3) is 4.04. The standard InChI is InChI=1S/C15H14N2O4/c1-10-6-7-11(8-16-10)15(20)17-12-4-2-3-5-13(12)21-9-14(18)19/h2-8H,9H2,1H3,(H,17,20)(H,18,19). The van der Waals surface area contributed by atoms with Gasteiger partial charge in [0.05, 0.1) is 11.3 Å². The average Bonchev–Trinajstić information content (AvgIpc) is 2.47. The van der Waals surface area contributed by atoms with E-state index in [1.807, 2.05) is 6.92 Å². The van der Waals surface area contributed by atoms with Crippen LogP contribution in [0, 0.1) is 6.92 Å². The summed E-state index contributed by atoms with van der Waals surface area (Å²) in [6.07, 6.45) is 1.48. The Bertz CT molecular complexity index is 653. The van der Waals surface area contributed by atoms with Gasteiger partial charge >= 0.3 is 5.97 Å². The normalized spacial score (nSPS) is 9.95. The number of nitrogens with one attached hydrogen (secondary N) is 1. The Labute approximate surface area is 121 Å². The van der Waals surface area contributed by atoms with Crippen LogP contribution >= 0.6 is 0 Å². The topological polar surface area (TPSA) is 88.5 Å². The molecule has 1 aromatic heterocycles. The van der Waals surface area contributed by atoms with E-state index in [4.69, 9.17) is 9.84 Å². The van der Waals surface area contributed by atoms with Crippen LogP contribution in [0.2, 0.25) is 0 Å². The van der Waals surface area contributed by atoms with Crippen LogP contribution in [0.4, 0.5) is 5.69 Å². The Morgan fingerprint density at radius 2 is 2.00 bits per heavy atom. The van der Waals surface area contributed by atoms with E-state index >= 15 is 0 Å². The minimum absolute atomic E-state index is 0.299. The van der Waals surface area contributed by atoms with Crippen molar-refractivity contribution in [2.45, 2.75) is 6.92 Å². The fourth-order valence-corrected chi connectivity index (χ4v) is 1.63. The van der Waals surface area contributed by atoms with E-state index < -0.39 is 12.6 Å². The fourth-order valence-electron chi connectivity index (χ4n) is 1.63. The Kier molecular flexibility index (Phi) is 4.50. The first-order chi connectivity index (χ1) is 10.1. The van der Waals surface area contributed by atoms with Gasteiger partial charge in [0.25, 0.3) is 5.91 Å². The molecule has 108 valence electrons. The van der Waals surface area contributed by atoms with Crippen LogP contribution in [-0.4, -0.2) is 28.6 Å². The summed E-state index contributed by atoms with van der Waals surface area (Å²) in [5.74, 6) is -1.12. The molecule has 0 fully saturated rings. The van der Waals surface area contributed by atoms with Crippen LogP contribution in [0.1, 0.15) is 16.1 Å². The minimum atomic E-state index is -1.08. The number of rotatable bonds is 5. The van der Waals surface area contributed by atoms with Crippen LogP contribution in [0.3, 0.4) is 0 Å². The van der Waals surface area contributed by atoms with Crippen molar-refractivity contribution in [1.82, 2.24) is 4.98 Å². The largest absolute Gasteiger partial charge is 0.480 e. The number of anilines is 1. The number of aryl methyl sites for hydroxylation is 1. The number of nitrogens with zero attached hydrogens (tertiary/aromatic N) is 1. The summed E-state index contributed by atoms with van der Waals surface area (Å²) in [4.78, 5) is 26.7. The van der Waals surface area contributed by atoms with E-state index in [9.17, 15) is 9.59 Å². The highest BCUT2D eigenvalue weighted by Crippen LogP contribution is 2.24. The Morgan fingerprint density at radius 1 is 1.24 bits per heavy atom. The van der Waals surface area contributed by atoms with Gasteiger partial charge in [-0.3, -0.25) is 9.78 Å². The maximum Gasteiger partial charge on any atom is 0.341 e. The lowest BCUT2D eigenvalue weighted by Crippen LogP contribution is -2.15. The van der Waals surface area contributed by atoms with Crippen molar-refractivity contribution in [2.24, 2.45) is 0 Å². The van der Waals surface area contributed by atoms with E-state index in [2.05, 4.69) is 10.3 Å². The highest BCUT2D eigenvalue weighted by Gasteiger charge is 2.10. The molecule has 6 nitrogen and oxygen atoms in total. The number of aliphatic carboxylic acids is 1. The molecule has 0 spiro atoms. The highest BCUT2D eigenvalue weighted by molar-refractivity contribution is 6.04. The molecule has 0 radical (unpaired) electrons. The van der Waals surface area contributed by atoms with E-state index in [-0.39, 0.29) is 5.91 Å². The Morgan fingerprint density at radius 3 is 2.67 bits per heavy atom. The van der Waals surface area contributed by atoms with Crippen molar-refractivity contribution in [1.29, 1.82) is 0 Å². The first-order valence-electron chi connectivity index (χ1n) is 6.24. The molecule has 0 saturated heterocycles. The summed E-state index contributed by atoms with van der Waals surface area (Å²) in [5.41, 5.74) is 1.63. The summed E-state index contributed by atoms with van der Waals surface area (Å²) < 4.78 is 5.12. The Hall–Kier alpha value is -2.89. The molecule has 0 aliphatic rings. The monoisotopic (exact) mass is 286 g/mol. The molecule has 0 bridgehead atoms. The zero-order valence-corrected chi connectivity index (χ0v) is 11.4. The van der Waals surface area contributed by atoms with Crippen molar-refractivity contribution in [3.63, 3.8) is 0 Å². The second kappa shape index (κ2) is 6.51. The Balaban J connectivity index is 2.13. The van der Waals surface area contributed by atoms with Gasteiger partial charge in [-0.15, -0.1) is 0 Å². The number of carbonyl (C=O) groups excluding carboxylic acids is 1. The number of aromatic nitrogens is 1. The first-order valence-corrected chi connectivity index (χ1v) is 6.24. The molecule has 0 aliphatic heterocycles. The second-order valence-electron chi connectivity index (χ2n) is 4.32. The highest BCUT2D eigenvalue weighted by atomic mass is 16.5. The number of amides is 1. The number of pyridine rings is 1. The third-order valence-corrected chi connectivity index (χ3v) is 2.66. The second-order valence-corrected chi connectivity index (χ2v) is 4.32. The molecule has 0 saturated carbocycles. The van der Waals surface area contributed by atoms with E-state index in [1.54, 1.807) is 36.4 Å². The lowest BCUT2D eigenvalue weighted by atomic mass is 10.2. The van der Waals surface area contributed by atoms with E-state index in [0.717, 1.165) is 5.69 Å². The number of hydrogen-bond donors (Lipinski definition) is 2. The van der Waals surface area contributed by atoms with Crippen LogP contribution in [-0.2, 0) is 4.79 Å². The summed E-state index contributed by atoms with van der Waals surface area (Å²) in [6, 6.07) is 10.0. The number of hydrogen-bond acceptors (Lipinski definition) is 4. The van der Waals surface area contributed by atoms with Gasteiger partial charge in [0.2, 0.25) is 0 Å². The van der Waals surface area contributed by atoms with Gasteiger partial charge in [0.15, 0.2) is 6.61 Å². The number of benzene rings is 1. The molecule has 1 heterocycles. The molecular formula is C15H14N2O4. The molecule has 1 amide bonds. The van der Waals surface area contributed by atoms with Gasteiger partial charge in [-0.1, -0.05) is 12.1 Å². The number of ether oxygens (including phenoxy) is 1. The molecule has 2 aromatic rings. The number of carbonyl (C=O) groups is 2. The van der Waals surface area contributed by atoms with Crippen molar-refractivity contribution in [3.8, 4) is 5.75 Å². The van der Waals surface area contributed by atoms with Crippen LogP contribution in [0.25, 0.3) is 0 Å². The number of carboxylic acids is 1. The quantitative estimate of drug-likeness (QED) is 0.878. The predicted octanol–water partition coefficient (Wildman–Crippen LogP) is 2.11. The van der Waals surface area contributed by atoms with Crippen molar-refractivity contribution in [3.05, 3.63) is 53.9 Å². The zero-order chi connectivity index (χ0) is 15.2. The maximum atomic E-state index is 12.1. The van der Waals surface area contributed by atoms with Crippen LogP contribution < -0.4 is 10.1 Å². The molecule has 0 aliphatic carbocycles. The summed E-state index contributed by atoms with van der Waals surface area (Å²) in [5, 5.41) is 11.3. The molecule has 0 unspecified atom stereocenters. The fraction of sp³-hybridized carbons (Fsp3) is 0.133. The lowest BCUT2D eigenvalue weighted by molar-refractivity contribution is -0.139. The van der Waals surface area contributed by atoms with Gasteiger partial charge in [-0.25, -0.2) is 4.79 Å². The van der Waals surface area contributed by atoms with Crippen LogP contribution in [0.5, 0.6) is 5.75 Å². The first kappa shape index (κ1) is 14.5. The molecule has 6 heteroatoms. The predicted molar refractivity (Wildman–Crippen MR) is 76.5 cm³/mol. The van der Waals surface area contributed by atoms with Gasteiger partial charge < -0.3 is 15.2 Å². The smallest absolute Gasteiger partial charge is 0.341 e. The van der Waals surface area contributed by atoms with Crippen molar-refractivity contribution < 1.29 is 19.4 Å². The van der Waals surface area contributed by atoms with Crippen LogP contribution in [0.15, 0.2) is 42.6 Å². The zero-order valence-electron chi connectivity index (χ0n) is 11.4. The van der Waals surface area contributed by atoms with E-state index in [0.29, 0.717) is 17.0 Å². The summed E-state index contributed by atoms with van der Waals surface area (Å²) in [7, 11) is 0. The molecular weight excluding hydrogens is 272 g/mol. The molecule has 2 rings (SSSR count). The molecule has 0 atom stereocenters. The average molecular weight is 286 g/mol. The third-order valence-electron chi connectivity index (χ3n) is 2.66. The van der Waals surface area contributed by atoms with Gasteiger partial charge in [-0.2, -0.15) is 0 Å². The lowest BCUT2D eigenvalue weighted by Gasteiger charge is -2.11. The van der Waals surface area contributed by atoms with Gasteiger partial charge in [0, 0.05) is 11.9 Å². The summed E-state index contributed by atoms with van der Waals surface area (Å²) >= 11 is 0. The number of para-hydroxylation sites is 2. The van der Waals surface area contributed by atoms with Gasteiger partial charge in [-0.05, 0) is 31.2 Å². The van der Waals surface area contributed by atoms with E-state index in [1.165, 1.54) is 6.20 Å².